The fraction of sp³-hybridized carbons (Fsp3) is 0.0833. The van der Waals surface area contributed by atoms with Crippen LogP contribution in [-0.2, 0) is 10.1 Å². The van der Waals surface area contributed by atoms with Gasteiger partial charge in [0.2, 0.25) is 5.78 Å². The summed E-state index contributed by atoms with van der Waals surface area (Å²) in [6, 6.07) is 14.0. The third kappa shape index (κ3) is 5.19. The fourth-order valence-electron chi connectivity index (χ4n) is 3.00. The van der Waals surface area contributed by atoms with Crippen molar-refractivity contribution in [2.75, 3.05) is 7.11 Å². The molecule has 0 saturated heterocycles. The van der Waals surface area contributed by atoms with Crippen LogP contribution in [0.5, 0.6) is 11.5 Å². The number of hydrogen-bond acceptors (Lipinski definition) is 8. The van der Waals surface area contributed by atoms with E-state index in [4.69, 9.17) is 13.3 Å². The molecule has 0 aliphatic carbocycles. The number of aromatic amines is 1. The predicted octanol–water partition coefficient (Wildman–Crippen LogP) is 2.61. The first-order chi connectivity index (χ1) is 16.2. The topological polar surface area (TPSA) is 116 Å². The number of methoxy groups -OCH3 is 1. The number of Topliss-reactive ketones (excluding diaryl/α,β-unsaturated/α-hetero) is 1. The van der Waals surface area contributed by atoms with Crippen LogP contribution in [0.2, 0.25) is 0 Å². The third-order valence-corrected chi connectivity index (χ3v) is 6.91. The molecule has 4 aromatic rings. The Morgan fingerprint density at radius 1 is 1.09 bits per heavy atom. The lowest BCUT2D eigenvalue weighted by atomic mass is 10.2. The van der Waals surface area contributed by atoms with Gasteiger partial charge in [0.15, 0.2) is 17.3 Å². The van der Waals surface area contributed by atoms with E-state index in [9.17, 15) is 18.0 Å². The van der Waals surface area contributed by atoms with Gasteiger partial charge in [-0.1, -0.05) is 23.8 Å². The molecule has 0 aliphatic rings. The number of aryl methyl sites for hydroxylation is 1. The fourth-order valence-corrected chi connectivity index (χ4v) is 4.82. The Hall–Kier alpha value is -3.89. The first-order valence-corrected chi connectivity index (χ1v) is 12.2. The van der Waals surface area contributed by atoms with Crippen LogP contribution in [-0.4, -0.2) is 26.3 Å². The summed E-state index contributed by atoms with van der Waals surface area (Å²) < 4.78 is 41.6. The number of rotatable bonds is 7. The molecule has 0 saturated carbocycles. The average molecular weight is 498 g/mol. The zero-order chi connectivity index (χ0) is 24.3. The molecule has 0 unspecified atom stereocenters. The summed E-state index contributed by atoms with van der Waals surface area (Å²) >= 11 is 1.10. The number of carbonyl (C=O) groups is 1. The van der Waals surface area contributed by atoms with Gasteiger partial charge in [-0.2, -0.15) is 8.42 Å². The van der Waals surface area contributed by atoms with Crippen molar-refractivity contribution in [3.05, 3.63) is 97.3 Å². The molecule has 8 nitrogen and oxygen atoms in total. The highest BCUT2D eigenvalue weighted by Gasteiger charge is 2.19. The second kappa shape index (κ2) is 9.54. The molecule has 0 amide bonds. The van der Waals surface area contributed by atoms with E-state index in [0.29, 0.717) is 14.8 Å². The molecule has 0 atom stereocenters. The molecular formula is C24H19NO7S2. The molecule has 0 spiro atoms. The predicted molar refractivity (Wildman–Crippen MR) is 127 cm³/mol. The van der Waals surface area contributed by atoms with Gasteiger partial charge in [-0.15, -0.1) is 11.3 Å². The number of ether oxygens (including phenoxy) is 1. The van der Waals surface area contributed by atoms with E-state index in [1.807, 2.05) is 6.92 Å². The molecule has 2 heterocycles. The lowest BCUT2D eigenvalue weighted by molar-refractivity contribution is 0.103. The van der Waals surface area contributed by atoms with E-state index in [1.54, 1.807) is 36.4 Å². The Kier molecular flexibility index (Phi) is 6.53. The zero-order valence-electron chi connectivity index (χ0n) is 18.1. The largest absolute Gasteiger partial charge is 0.493 e. The molecule has 2 aromatic heterocycles. The van der Waals surface area contributed by atoms with Gasteiger partial charge in [0, 0.05) is 6.08 Å². The Bertz CT molecular complexity index is 1610. The van der Waals surface area contributed by atoms with Crippen LogP contribution in [0.1, 0.15) is 21.7 Å². The Balaban J connectivity index is 1.63. The van der Waals surface area contributed by atoms with Crippen LogP contribution in [0, 0.1) is 6.92 Å². The first kappa shape index (κ1) is 23.3. The van der Waals surface area contributed by atoms with Gasteiger partial charge in [-0.05, 0) is 55.0 Å². The number of benzene rings is 2. The summed E-state index contributed by atoms with van der Waals surface area (Å²) in [5, 5.41) is 0. The molecular weight excluding hydrogens is 478 g/mol. The Morgan fingerprint density at radius 3 is 2.53 bits per heavy atom. The van der Waals surface area contributed by atoms with Crippen molar-refractivity contribution in [1.82, 2.24) is 4.98 Å². The van der Waals surface area contributed by atoms with Gasteiger partial charge in [0.05, 0.1) is 22.6 Å². The highest BCUT2D eigenvalue weighted by Crippen LogP contribution is 2.31. The van der Waals surface area contributed by atoms with Crippen LogP contribution in [0.15, 0.2) is 75.0 Å². The number of aromatic nitrogens is 1. The first-order valence-electron chi connectivity index (χ1n) is 9.95. The van der Waals surface area contributed by atoms with E-state index < -0.39 is 10.1 Å². The van der Waals surface area contributed by atoms with Crippen LogP contribution in [0.3, 0.4) is 0 Å². The number of hydrogen-bond donors (Lipinski definition) is 1. The summed E-state index contributed by atoms with van der Waals surface area (Å²) in [5.41, 5.74) is 1.13. The Labute approximate surface area is 198 Å². The average Bonchev–Trinajstić information content (AvgIpc) is 3.45. The van der Waals surface area contributed by atoms with Gasteiger partial charge in [0.1, 0.15) is 4.90 Å². The minimum absolute atomic E-state index is 0.0124. The standard InChI is InChI=1S/C24H19NO7S2/c1-15-5-8-17(9-6-15)34(28,29)32-20-10-7-16(12-21(20)30-2)13-22-24(27)25-23(33-22)14-18(26)19-4-3-11-31-19/h3-14H,1-2H3,(H,25,27)/b22-13-,23-14-. The molecule has 34 heavy (non-hydrogen) atoms. The summed E-state index contributed by atoms with van der Waals surface area (Å²) in [6.07, 6.45) is 4.28. The molecule has 2 aromatic carbocycles. The normalized spacial score (nSPS) is 12.6. The van der Waals surface area contributed by atoms with Gasteiger partial charge >= 0.3 is 10.1 Å². The molecule has 0 fully saturated rings. The highest BCUT2D eigenvalue weighted by molar-refractivity contribution is 7.87. The quantitative estimate of drug-likeness (QED) is 0.308. The minimum Gasteiger partial charge on any atom is -0.493 e. The molecule has 10 heteroatoms. The van der Waals surface area contributed by atoms with E-state index >= 15 is 0 Å². The van der Waals surface area contributed by atoms with Gasteiger partial charge in [-0.3, -0.25) is 9.59 Å². The maximum Gasteiger partial charge on any atom is 0.339 e. The molecule has 174 valence electrons. The van der Waals surface area contributed by atoms with Crippen molar-refractivity contribution in [2.45, 2.75) is 11.8 Å². The molecule has 0 radical (unpaired) electrons. The maximum absolute atomic E-state index is 12.6. The van der Waals surface area contributed by atoms with Crippen LogP contribution in [0.25, 0.3) is 12.2 Å². The van der Waals surface area contributed by atoms with Crippen molar-refractivity contribution in [3.63, 3.8) is 0 Å². The summed E-state index contributed by atoms with van der Waals surface area (Å²) in [5.74, 6) is -0.0108. The molecule has 4 rings (SSSR count). The second-order valence-corrected chi connectivity index (χ2v) is 9.81. The van der Waals surface area contributed by atoms with Gasteiger partial charge in [-0.25, -0.2) is 0 Å². The van der Waals surface area contributed by atoms with Crippen LogP contribution < -0.4 is 23.7 Å². The molecule has 0 bridgehead atoms. The van der Waals surface area contributed by atoms with Crippen LogP contribution in [0.4, 0.5) is 0 Å². The van der Waals surface area contributed by atoms with Crippen molar-refractivity contribution < 1.29 is 26.5 Å². The summed E-state index contributed by atoms with van der Waals surface area (Å²) in [6.45, 7) is 1.85. The van der Waals surface area contributed by atoms with E-state index in [1.165, 1.54) is 43.7 Å². The maximum atomic E-state index is 12.6. The van der Waals surface area contributed by atoms with Gasteiger partial charge in [0.25, 0.3) is 5.56 Å². The SMILES string of the molecule is COc1cc(/C=c2\s/c(=C\C(=O)c3ccco3)[nH]c2=O)ccc1OS(=O)(=O)c1ccc(C)cc1. The van der Waals surface area contributed by atoms with Crippen molar-refractivity contribution in [2.24, 2.45) is 0 Å². The zero-order valence-corrected chi connectivity index (χ0v) is 19.7. The lowest BCUT2D eigenvalue weighted by Crippen LogP contribution is -2.20. The summed E-state index contributed by atoms with van der Waals surface area (Å²) in [4.78, 5) is 27.1. The van der Waals surface area contributed by atoms with E-state index in [0.717, 1.165) is 16.9 Å². The molecule has 1 N–H and O–H groups in total. The number of H-pyrrole nitrogens is 1. The van der Waals surface area contributed by atoms with Crippen molar-refractivity contribution >= 4 is 39.4 Å². The van der Waals surface area contributed by atoms with Crippen LogP contribution >= 0.6 is 11.3 Å². The molecule has 0 aliphatic heterocycles. The lowest BCUT2D eigenvalue weighted by Gasteiger charge is -2.11. The highest BCUT2D eigenvalue weighted by atomic mass is 32.2. The summed E-state index contributed by atoms with van der Waals surface area (Å²) in [7, 11) is -2.67. The third-order valence-electron chi connectivity index (χ3n) is 4.70. The Morgan fingerprint density at radius 2 is 1.85 bits per heavy atom. The van der Waals surface area contributed by atoms with Crippen molar-refractivity contribution in [1.29, 1.82) is 0 Å². The number of carbonyl (C=O) groups excluding carboxylic acids is 1. The number of nitrogens with one attached hydrogen (secondary N) is 1. The monoisotopic (exact) mass is 497 g/mol. The number of furan rings is 1. The number of thiazole rings is 1. The number of ketones is 1. The van der Waals surface area contributed by atoms with E-state index in [2.05, 4.69) is 4.98 Å². The van der Waals surface area contributed by atoms with Gasteiger partial charge < -0.3 is 18.3 Å². The minimum atomic E-state index is -4.05. The van der Waals surface area contributed by atoms with E-state index in [-0.39, 0.29) is 33.5 Å². The van der Waals surface area contributed by atoms with Crippen molar-refractivity contribution in [3.8, 4) is 11.5 Å². The smallest absolute Gasteiger partial charge is 0.339 e. The second-order valence-electron chi connectivity index (χ2n) is 7.18.